The number of anilines is 1. The van der Waals surface area contributed by atoms with Gasteiger partial charge < -0.3 is 14.8 Å². The van der Waals surface area contributed by atoms with Gasteiger partial charge in [-0.2, -0.15) is 5.26 Å². The minimum Gasteiger partial charge on any atom is -0.493 e. The molecule has 0 atom stereocenters. The number of benzene rings is 3. The van der Waals surface area contributed by atoms with Crippen molar-refractivity contribution in [2.45, 2.75) is 20.5 Å². The molecule has 168 valence electrons. The molecule has 0 aliphatic heterocycles. The molecule has 1 N–H and O–H groups in total. The highest BCUT2D eigenvalue weighted by atomic mass is 127. The third-order valence-corrected chi connectivity index (χ3v) is 6.04. The van der Waals surface area contributed by atoms with Crippen LogP contribution in [0.4, 0.5) is 5.69 Å². The second-order valence-corrected chi connectivity index (χ2v) is 8.97. The topological polar surface area (TPSA) is 71.3 Å². The van der Waals surface area contributed by atoms with Gasteiger partial charge >= 0.3 is 0 Å². The lowest BCUT2D eigenvalue weighted by Gasteiger charge is -2.14. The smallest absolute Gasteiger partial charge is 0.266 e. The Morgan fingerprint density at radius 2 is 1.85 bits per heavy atom. The van der Waals surface area contributed by atoms with Gasteiger partial charge in [0, 0.05) is 10.7 Å². The van der Waals surface area contributed by atoms with Crippen molar-refractivity contribution in [1.82, 2.24) is 0 Å². The first-order chi connectivity index (χ1) is 15.8. The molecule has 7 heteroatoms. The van der Waals surface area contributed by atoms with Crippen molar-refractivity contribution in [3.8, 4) is 17.6 Å². The van der Waals surface area contributed by atoms with Gasteiger partial charge in [-0.15, -0.1) is 0 Å². The van der Waals surface area contributed by atoms with Crippen molar-refractivity contribution in [2.75, 3.05) is 12.4 Å². The number of aryl methyl sites for hydroxylation is 2. The molecule has 0 unspecified atom stereocenters. The van der Waals surface area contributed by atoms with E-state index in [1.807, 2.05) is 68.4 Å². The standard InChI is InChI=1S/C26H22ClIN2O3/c1-16-4-9-22(10-17(16)2)30-26(31)20(14-29)11-19-12-23(28)25(24(13-19)32-3)33-15-18-5-7-21(27)8-6-18/h4-13H,15H2,1-3H3,(H,30,31)/b20-11+. The van der Waals surface area contributed by atoms with E-state index in [9.17, 15) is 10.1 Å². The molecular formula is C26H22ClIN2O3. The minimum absolute atomic E-state index is 0.0130. The van der Waals surface area contributed by atoms with Crippen molar-refractivity contribution in [1.29, 1.82) is 5.26 Å². The molecule has 0 aliphatic carbocycles. The van der Waals surface area contributed by atoms with E-state index >= 15 is 0 Å². The first-order valence-electron chi connectivity index (χ1n) is 10.1. The number of carbonyl (C=O) groups is 1. The van der Waals surface area contributed by atoms with Crippen molar-refractivity contribution in [3.05, 3.63) is 91.0 Å². The molecule has 0 saturated carbocycles. The molecule has 1 amide bonds. The normalized spacial score (nSPS) is 11.0. The van der Waals surface area contributed by atoms with Crippen molar-refractivity contribution in [3.63, 3.8) is 0 Å². The SMILES string of the molecule is COc1cc(/C=C(\C#N)C(=O)Nc2ccc(C)c(C)c2)cc(I)c1OCc1ccc(Cl)cc1. The van der Waals surface area contributed by atoms with E-state index in [1.54, 1.807) is 13.2 Å². The lowest BCUT2D eigenvalue weighted by molar-refractivity contribution is -0.112. The number of hydrogen-bond acceptors (Lipinski definition) is 4. The Kier molecular flexibility index (Phi) is 8.37. The van der Waals surface area contributed by atoms with Crippen LogP contribution in [0.2, 0.25) is 5.02 Å². The highest BCUT2D eigenvalue weighted by Gasteiger charge is 2.14. The quantitative estimate of drug-likeness (QED) is 0.194. The molecular weight excluding hydrogens is 551 g/mol. The molecule has 0 aliphatic rings. The van der Waals surface area contributed by atoms with Crippen LogP contribution in [0, 0.1) is 28.7 Å². The molecule has 3 aromatic carbocycles. The molecule has 3 aromatic rings. The Morgan fingerprint density at radius 3 is 2.48 bits per heavy atom. The van der Waals surface area contributed by atoms with Crippen LogP contribution in [0.15, 0.2) is 60.2 Å². The number of rotatable bonds is 7. The number of ether oxygens (including phenoxy) is 2. The third kappa shape index (κ3) is 6.50. The van der Waals surface area contributed by atoms with Gasteiger partial charge in [0.1, 0.15) is 18.2 Å². The number of hydrogen-bond donors (Lipinski definition) is 1. The summed E-state index contributed by atoms with van der Waals surface area (Å²) < 4.78 is 12.3. The van der Waals surface area contributed by atoms with Crippen LogP contribution in [0.3, 0.4) is 0 Å². The molecule has 0 saturated heterocycles. The van der Waals surface area contributed by atoms with E-state index in [4.69, 9.17) is 21.1 Å². The maximum Gasteiger partial charge on any atom is 0.266 e. The zero-order valence-electron chi connectivity index (χ0n) is 18.4. The maximum absolute atomic E-state index is 12.7. The van der Waals surface area contributed by atoms with E-state index < -0.39 is 5.91 Å². The monoisotopic (exact) mass is 572 g/mol. The van der Waals surface area contributed by atoms with Crippen LogP contribution < -0.4 is 14.8 Å². The summed E-state index contributed by atoms with van der Waals surface area (Å²) in [5.41, 5.74) is 4.44. The van der Waals surface area contributed by atoms with Gasteiger partial charge in [0.25, 0.3) is 5.91 Å². The Balaban J connectivity index is 1.81. The number of amides is 1. The van der Waals surface area contributed by atoms with Crippen LogP contribution >= 0.6 is 34.2 Å². The largest absolute Gasteiger partial charge is 0.493 e. The second-order valence-electron chi connectivity index (χ2n) is 7.37. The van der Waals surface area contributed by atoms with Gasteiger partial charge in [0.05, 0.1) is 10.7 Å². The maximum atomic E-state index is 12.7. The Bertz CT molecular complexity index is 1250. The molecule has 0 radical (unpaired) electrons. The predicted molar refractivity (Wildman–Crippen MR) is 140 cm³/mol. The lowest BCUT2D eigenvalue weighted by Crippen LogP contribution is -2.13. The van der Waals surface area contributed by atoms with Gasteiger partial charge in [-0.05, 0) is 101 Å². The first-order valence-corrected chi connectivity index (χ1v) is 11.5. The van der Waals surface area contributed by atoms with E-state index in [-0.39, 0.29) is 5.57 Å². The summed E-state index contributed by atoms with van der Waals surface area (Å²) in [6, 6.07) is 18.6. The molecule has 0 fully saturated rings. The summed E-state index contributed by atoms with van der Waals surface area (Å²) in [4.78, 5) is 12.7. The van der Waals surface area contributed by atoms with Gasteiger partial charge in [-0.25, -0.2) is 0 Å². The minimum atomic E-state index is -0.474. The number of nitrogens with one attached hydrogen (secondary N) is 1. The Hall–Kier alpha value is -3.02. The summed E-state index contributed by atoms with van der Waals surface area (Å²) >= 11 is 8.08. The summed E-state index contributed by atoms with van der Waals surface area (Å²) in [7, 11) is 1.55. The van der Waals surface area contributed by atoms with Crippen molar-refractivity contribution >= 4 is 51.9 Å². The van der Waals surface area contributed by atoms with E-state index in [0.29, 0.717) is 34.4 Å². The summed E-state index contributed by atoms with van der Waals surface area (Å²) in [5.74, 6) is 0.620. The van der Waals surface area contributed by atoms with Crippen LogP contribution in [0.25, 0.3) is 6.08 Å². The summed E-state index contributed by atoms with van der Waals surface area (Å²) in [5, 5.41) is 13.0. The molecule has 0 heterocycles. The number of methoxy groups -OCH3 is 1. The molecule has 33 heavy (non-hydrogen) atoms. The second kappa shape index (κ2) is 11.2. The van der Waals surface area contributed by atoms with E-state index in [2.05, 4.69) is 27.9 Å². The highest BCUT2D eigenvalue weighted by molar-refractivity contribution is 14.1. The Morgan fingerprint density at radius 1 is 1.12 bits per heavy atom. The average Bonchev–Trinajstić information content (AvgIpc) is 2.79. The number of nitriles is 1. The zero-order chi connectivity index (χ0) is 24.0. The van der Waals surface area contributed by atoms with Gasteiger partial charge in [0.2, 0.25) is 0 Å². The fraction of sp³-hybridized carbons (Fsp3) is 0.154. The Labute approximate surface area is 212 Å². The van der Waals surface area contributed by atoms with Crippen molar-refractivity contribution < 1.29 is 14.3 Å². The lowest BCUT2D eigenvalue weighted by atomic mass is 10.1. The number of carbonyl (C=O) groups excluding carboxylic acids is 1. The highest BCUT2D eigenvalue weighted by Crippen LogP contribution is 2.35. The van der Waals surface area contributed by atoms with E-state index in [1.165, 1.54) is 6.08 Å². The molecule has 0 spiro atoms. The fourth-order valence-electron chi connectivity index (χ4n) is 3.03. The van der Waals surface area contributed by atoms with Crippen LogP contribution in [-0.2, 0) is 11.4 Å². The number of halogens is 2. The molecule has 0 bridgehead atoms. The third-order valence-electron chi connectivity index (χ3n) is 4.99. The van der Waals surface area contributed by atoms with Crippen molar-refractivity contribution in [2.24, 2.45) is 0 Å². The molecule has 0 aromatic heterocycles. The number of nitrogens with zero attached hydrogens (tertiary/aromatic N) is 1. The molecule has 3 rings (SSSR count). The predicted octanol–water partition coefficient (Wildman–Crippen LogP) is 6.69. The zero-order valence-corrected chi connectivity index (χ0v) is 21.3. The first kappa shape index (κ1) is 24.6. The van der Waals surface area contributed by atoms with Gasteiger partial charge in [0.15, 0.2) is 11.5 Å². The van der Waals surface area contributed by atoms with Gasteiger partial charge in [-0.1, -0.05) is 29.8 Å². The summed E-state index contributed by atoms with van der Waals surface area (Å²) in [6.45, 7) is 4.32. The average molecular weight is 573 g/mol. The summed E-state index contributed by atoms with van der Waals surface area (Å²) in [6.07, 6.45) is 1.53. The van der Waals surface area contributed by atoms with Crippen LogP contribution in [-0.4, -0.2) is 13.0 Å². The fourth-order valence-corrected chi connectivity index (χ4v) is 3.94. The van der Waals surface area contributed by atoms with Crippen LogP contribution in [0.5, 0.6) is 11.5 Å². The van der Waals surface area contributed by atoms with E-state index in [0.717, 1.165) is 20.3 Å². The molecule has 5 nitrogen and oxygen atoms in total. The van der Waals surface area contributed by atoms with Gasteiger partial charge in [-0.3, -0.25) is 4.79 Å². The van der Waals surface area contributed by atoms with Crippen LogP contribution in [0.1, 0.15) is 22.3 Å².